The van der Waals surface area contributed by atoms with Crippen LogP contribution in [0.25, 0.3) is 0 Å². The molecule has 0 unspecified atom stereocenters. The minimum atomic E-state index is -0.487. The SMILES string of the molecule is NC(=O)NCCCOc1cccc(CN2CCCCC2)c1. The number of urea groups is 1. The average molecular weight is 291 g/mol. The van der Waals surface area contributed by atoms with Crippen LogP contribution in [0.5, 0.6) is 5.75 Å². The van der Waals surface area contributed by atoms with E-state index in [4.69, 9.17) is 10.5 Å². The van der Waals surface area contributed by atoms with Gasteiger partial charge in [0.2, 0.25) is 0 Å². The van der Waals surface area contributed by atoms with Crippen molar-refractivity contribution in [1.29, 1.82) is 0 Å². The molecule has 1 aromatic rings. The number of ether oxygens (including phenoxy) is 1. The molecule has 2 amide bonds. The number of carbonyl (C=O) groups excluding carboxylic acids is 1. The molecule has 1 fully saturated rings. The predicted molar refractivity (Wildman–Crippen MR) is 83.3 cm³/mol. The number of hydrogen-bond acceptors (Lipinski definition) is 3. The lowest BCUT2D eigenvalue weighted by molar-refractivity contribution is 0.220. The zero-order valence-corrected chi connectivity index (χ0v) is 12.5. The van der Waals surface area contributed by atoms with Gasteiger partial charge in [-0.25, -0.2) is 4.79 Å². The highest BCUT2D eigenvalue weighted by Gasteiger charge is 2.10. The van der Waals surface area contributed by atoms with Crippen LogP contribution in [0.3, 0.4) is 0 Å². The van der Waals surface area contributed by atoms with Crippen LogP contribution in [0.2, 0.25) is 0 Å². The second kappa shape index (κ2) is 8.52. The Morgan fingerprint density at radius 3 is 2.86 bits per heavy atom. The van der Waals surface area contributed by atoms with E-state index in [1.54, 1.807) is 0 Å². The minimum Gasteiger partial charge on any atom is -0.494 e. The summed E-state index contributed by atoms with van der Waals surface area (Å²) in [4.78, 5) is 13.0. The summed E-state index contributed by atoms with van der Waals surface area (Å²) in [6, 6.07) is 7.78. The van der Waals surface area contributed by atoms with Crippen LogP contribution in [0, 0.1) is 0 Å². The van der Waals surface area contributed by atoms with Crippen LogP contribution in [-0.4, -0.2) is 37.2 Å². The third kappa shape index (κ3) is 6.04. The molecule has 2 rings (SSSR count). The predicted octanol–water partition coefficient (Wildman–Crippen LogP) is 2.11. The molecule has 0 aromatic heterocycles. The number of rotatable bonds is 7. The molecule has 5 heteroatoms. The Hall–Kier alpha value is -1.75. The molecule has 0 bridgehead atoms. The van der Waals surface area contributed by atoms with E-state index in [2.05, 4.69) is 22.3 Å². The number of piperidine rings is 1. The fourth-order valence-electron chi connectivity index (χ4n) is 2.58. The Labute approximate surface area is 126 Å². The summed E-state index contributed by atoms with van der Waals surface area (Å²) in [5.74, 6) is 0.892. The molecule has 5 nitrogen and oxygen atoms in total. The number of benzene rings is 1. The van der Waals surface area contributed by atoms with Crippen LogP contribution in [-0.2, 0) is 6.54 Å². The maximum absolute atomic E-state index is 10.5. The van der Waals surface area contributed by atoms with E-state index in [1.165, 1.54) is 37.9 Å². The molecule has 116 valence electrons. The molecule has 1 heterocycles. The highest BCUT2D eigenvalue weighted by atomic mass is 16.5. The highest BCUT2D eigenvalue weighted by Crippen LogP contribution is 2.17. The number of nitrogens with zero attached hydrogens (tertiary/aromatic N) is 1. The summed E-state index contributed by atoms with van der Waals surface area (Å²) in [7, 11) is 0. The van der Waals surface area contributed by atoms with Crippen molar-refractivity contribution in [2.75, 3.05) is 26.2 Å². The number of amides is 2. The molecule has 21 heavy (non-hydrogen) atoms. The molecule has 0 saturated carbocycles. The molecule has 0 spiro atoms. The number of hydrogen-bond donors (Lipinski definition) is 2. The van der Waals surface area contributed by atoms with Crippen molar-refractivity contribution in [3.63, 3.8) is 0 Å². The van der Waals surface area contributed by atoms with Crippen molar-refractivity contribution in [1.82, 2.24) is 10.2 Å². The monoisotopic (exact) mass is 291 g/mol. The maximum atomic E-state index is 10.5. The Bertz CT molecular complexity index is 445. The molecule has 1 aliphatic rings. The van der Waals surface area contributed by atoms with Crippen molar-refractivity contribution < 1.29 is 9.53 Å². The highest BCUT2D eigenvalue weighted by molar-refractivity contribution is 5.71. The van der Waals surface area contributed by atoms with Crippen molar-refractivity contribution >= 4 is 6.03 Å². The van der Waals surface area contributed by atoms with Gasteiger partial charge in [0.05, 0.1) is 6.61 Å². The summed E-state index contributed by atoms with van der Waals surface area (Å²) in [6.45, 7) is 4.52. The van der Waals surface area contributed by atoms with Crippen molar-refractivity contribution in [3.8, 4) is 5.75 Å². The molecule has 0 atom stereocenters. The standard InChI is InChI=1S/C16H25N3O2/c17-16(20)18-8-5-11-21-15-7-4-6-14(12-15)13-19-9-2-1-3-10-19/h4,6-7,12H,1-3,5,8-11,13H2,(H3,17,18,20). The lowest BCUT2D eigenvalue weighted by atomic mass is 10.1. The molecule has 0 radical (unpaired) electrons. The average Bonchev–Trinajstić information content (AvgIpc) is 2.48. The van der Waals surface area contributed by atoms with Crippen LogP contribution in [0.15, 0.2) is 24.3 Å². The summed E-state index contributed by atoms with van der Waals surface area (Å²) in [5, 5.41) is 2.55. The number of nitrogens with two attached hydrogens (primary N) is 1. The van der Waals surface area contributed by atoms with Crippen LogP contribution in [0.1, 0.15) is 31.2 Å². The van der Waals surface area contributed by atoms with Gasteiger partial charge >= 0.3 is 6.03 Å². The molecule has 1 aromatic carbocycles. The quantitative estimate of drug-likeness (QED) is 0.756. The summed E-state index contributed by atoms with van der Waals surface area (Å²) in [6.07, 6.45) is 4.73. The lowest BCUT2D eigenvalue weighted by Crippen LogP contribution is -2.30. The zero-order valence-electron chi connectivity index (χ0n) is 12.5. The summed E-state index contributed by atoms with van der Waals surface area (Å²) < 4.78 is 5.71. The van der Waals surface area contributed by atoms with E-state index in [-0.39, 0.29) is 0 Å². The number of likely N-dealkylation sites (tertiary alicyclic amines) is 1. The third-order valence-corrected chi connectivity index (χ3v) is 3.64. The second-order valence-corrected chi connectivity index (χ2v) is 5.48. The first-order valence-electron chi connectivity index (χ1n) is 7.71. The molecule has 0 aliphatic carbocycles. The summed E-state index contributed by atoms with van der Waals surface area (Å²) >= 11 is 0. The first-order valence-corrected chi connectivity index (χ1v) is 7.71. The van der Waals surface area contributed by atoms with Crippen molar-refractivity contribution in [2.45, 2.75) is 32.2 Å². The fraction of sp³-hybridized carbons (Fsp3) is 0.562. The second-order valence-electron chi connectivity index (χ2n) is 5.48. The Balaban J connectivity index is 1.73. The van der Waals surface area contributed by atoms with Crippen LogP contribution < -0.4 is 15.8 Å². The molecule has 1 saturated heterocycles. The topological polar surface area (TPSA) is 67.6 Å². The maximum Gasteiger partial charge on any atom is 0.312 e. The van der Waals surface area contributed by atoms with Gasteiger partial charge in [-0.3, -0.25) is 4.90 Å². The zero-order chi connectivity index (χ0) is 14.9. The Morgan fingerprint density at radius 2 is 2.10 bits per heavy atom. The van der Waals surface area contributed by atoms with E-state index in [0.717, 1.165) is 18.7 Å². The Kier molecular flexibility index (Phi) is 6.34. The largest absolute Gasteiger partial charge is 0.494 e. The number of primary amides is 1. The first-order chi connectivity index (χ1) is 10.2. The third-order valence-electron chi connectivity index (χ3n) is 3.64. The van der Waals surface area contributed by atoms with Gasteiger partial charge in [0.25, 0.3) is 0 Å². The van der Waals surface area contributed by atoms with Crippen LogP contribution in [0.4, 0.5) is 4.79 Å². The van der Waals surface area contributed by atoms with Gasteiger partial charge in [-0.05, 0) is 50.0 Å². The first kappa shape index (κ1) is 15.6. The van der Waals surface area contributed by atoms with Gasteiger partial charge < -0.3 is 15.8 Å². The van der Waals surface area contributed by atoms with E-state index < -0.39 is 6.03 Å². The van der Waals surface area contributed by atoms with Gasteiger partial charge in [-0.2, -0.15) is 0 Å². The lowest BCUT2D eigenvalue weighted by Gasteiger charge is -2.26. The van der Waals surface area contributed by atoms with Gasteiger partial charge in [0.1, 0.15) is 5.75 Å². The smallest absolute Gasteiger partial charge is 0.312 e. The summed E-state index contributed by atoms with van der Waals surface area (Å²) in [5.41, 5.74) is 6.30. The number of nitrogens with one attached hydrogen (secondary N) is 1. The van der Waals surface area contributed by atoms with Gasteiger partial charge in [0.15, 0.2) is 0 Å². The molecule has 3 N–H and O–H groups in total. The Morgan fingerprint density at radius 1 is 1.29 bits per heavy atom. The molecular weight excluding hydrogens is 266 g/mol. The molecule has 1 aliphatic heterocycles. The minimum absolute atomic E-state index is 0.487. The van der Waals surface area contributed by atoms with E-state index in [9.17, 15) is 4.79 Å². The van der Waals surface area contributed by atoms with E-state index >= 15 is 0 Å². The number of carbonyl (C=O) groups is 1. The van der Waals surface area contributed by atoms with Crippen molar-refractivity contribution in [3.05, 3.63) is 29.8 Å². The van der Waals surface area contributed by atoms with Crippen molar-refractivity contribution in [2.24, 2.45) is 5.73 Å². The normalized spacial score (nSPS) is 15.6. The van der Waals surface area contributed by atoms with E-state index in [0.29, 0.717) is 13.2 Å². The van der Waals surface area contributed by atoms with Gasteiger partial charge in [-0.1, -0.05) is 18.6 Å². The van der Waals surface area contributed by atoms with Gasteiger partial charge in [0, 0.05) is 13.1 Å². The fourth-order valence-corrected chi connectivity index (χ4v) is 2.58. The van der Waals surface area contributed by atoms with E-state index in [1.807, 2.05) is 12.1 Å². The molecular formula is C16H25N3O2. The van der Waals surface area contributed by atoms with Crippen LogP contribution >= 0.6 is 0 Å². The van der Waals surface area contributed by atoms with Gasteiger partial charge in [-0.15, -0.1) is 0 Å².